The molecule has 0 spiro atoms. The summed E-state index contributed by atoms with van der Waals surface area (Å²) in [7, 11) is 2.96. The third-order valence-corrected chi connectivity index (χ3v) is 9.63. The molecule has 0 saturated carbocycles. The molecular weight excluding hydrogens is 746 g/mol. The van der Waals surface area contributed by atoms with Gasteiger partial charge in [-0.3, -0.25) is 9.59 Å². The van der Waals surface area contributed by atoms with Crippen molar-refractivity contribution >= 4 is 29.2 Å². The largest absolute Gasteiger partial charge is 0.493 e. The number of hydrogen-bond acceptors (Lipinski definition) is 15. The van der Waals surface area contributed by atoms with Crippen LogP contribution in [-0.2, 0) is 55.8 Å². The fourth-order valence-corrected chi connectivity index (χ4v) is 6.64. The first-order valence-corrected chi connectivity index (χ1v) is 17.9. The van der Waals surface area contributed by atoms with E-state index in [9.17, 15) is 30.0 Å². The van der Waals surface area contributed by atoms with Gasteiger partial charge in [0, 0.05) is 12.5 Å². The number of anilines is 1. The van der Waals surface area contributed by atoms with Crippen molar-refractivity contribution in [2.75, 3.05) is 32.8 Å². The molecule has 5 N–H and O–H groups in total. The number of carbonyl (C=O) groups is 2. The van der Waals surface area contributed by atoms with E-state index in [0.29, 0.717) is 38.9 Å². The van der Waals surface area contributed by atoms with Crippen molar-refractivity contribution in [2.45, 2.75) is 87.7 Å². The van der Waals surface area contributed by atoms with Crippen molar-refractivity contribution in [2.24, 2.45) is 0 Å². The third kappa shape index (κ3) is 9.73. The SMILES string of the molecule is COc1ccc(CC(=O)OCC2OC(OCc3ccc(Cl)c(NC(C)=O)c3)C(O)C(O)C2OC2OC3COC(c4ccccc4)OC3C(O)C2O)cc1OC. The number of aliphatic hydroxyl groups excluding tert-OH is 4. The van der Waals surface area contributed by atoms with Gasteiger partial charge >= 0.3 is 5.97 Å². The first kappa shape index (κ1) is 40.7. The highest BCUT2D eigenvalue weighted by molar-refractivity contribution is 6.33. The lowest BCUT2D eigenvalue weighted by Crippen LogP contribution is -2.66. The van der Waals surface area contributed by atoms with Gasteiger partial charge < -0.3 is 68.4 Å². The molecule has 3 aromatic rings. The maximum absolute atomic E-state index is 13.1. The van der Waals surface area contributed by atoms with Crippen LogP contribution in [0.2, 0.25) is 5.02 Å². The molecule has 3 heterocycles. The summed E-state index contributed by atoms with van der Waals surface area (Å²) >= 11 is 6.20. The standard InChI is InChI=1S/C38H44ClNO15/c1-19(41)40-24-13-21(9-11-23(24)39)16-50-37-32(45)30(43)35(27(52-37)17-49-29(42)15-20-10-12-25(47-2)26(14-20)48-3)55-38-33(46)31(44)34-28(53-38)18-51-36(54-34)22-7-5-4-6-8-22/h4-14,27-28,30-38,43-46H,15-18H2,1-3H3,(H,40,41). The van der Waals surface area contributed by atoms with Crippen LogP contribution in [0.5, 0.6) is 11.5 Å². The van der Waals surface area contributed by atoms with Gasteiger partial charge in [-0.05, 0) is 35.4 Å². The summed E-state index contributed by atoms with van der Waals surface area (Å²) in [6, 6.07) is 18.8. The highest BCUT2D eigenvalue weighted by Gasteiger charge is 2.53. The average molecular weight is 790 g/mol. The van der Waals surface area contributed by atoms with Crippen molar-refractivity contribution in [3.63, 3.8) is 0 Å². The number of carbonyl (C=O) groups excluding carboxylic acids is 2. The molecule has 55 heavy (non-hydrogen) atoms. The van der Waals surface area contributed by atoms with Crippen LogP contribution in [0.3, 0.4) is 0 Å². The molecule has 298 valence electrons. The Balaban J connectivity index is 1.16. The fourth-order valence-electron chi connectivity index (χ4n) is 6.48. The summed E-state index contributed by atoms with van der Waals surface area (Å²) in [4.78, 5) is 24.7. The maximum Gasteiger partial charge on any atom is 0.310 e. The van der Waals surface area contributed by atoms with E-state index < -0.39 is 80.3 Å². The fraction of sp³-hybridized carbons (Fsp3) is 0.474. The Bertz CT molecular complexity index is 1760. The molecule has 16 nitrogen and oxygen atoms in total. The van der Waals surface area contributed by atoms with Gasteiger partial charge in [0.1, 0.15) is 55.4 Å². The van der Waals surface area contributed by atoms with Crippen molar-refractivity contribution < 1.29 is 72.6 Å². The van der Waals surface area contributed by atoms with Gasteiger partial charge in [0.15, 0.2) is 30.4 Å². The smallest absolute Gasteiger partial charge is 0.310 e. The molecule has 3 aliphatic heterocycles. The lowest BCUT2D eigenvalue weighted by molar-refractivity contribution is -0.386. The summed E-state index contributed by atoms with van der Waals surface area (Å²) in [5.41, 5.74) is 2.16. The van der Waals surface area contributed by atoms with Crippen LogP contribution < -0.4 is 14.8 Å². The third-order valence-electron chi connectivity index (χ3n) is 9.30. The Labute approximate surface area is 321 Å². The topological polar surface area (TPSA) is 210 Å². The van der Waals surface area contributed by atoms with E-state index in [2.05, 4.69) is 5.32 Å². The zero-order valence-electron chi connectivity index (χ0n) is 30.2. The Hall–Kier alpha value is -3.91. The van der Waals surface area contributed by atoms with Crippen LogP contribution >= 0.6 is 11.6 Å². The second-order valence-corrected chi connectivity index (χ2v) is 13.6. The minimum Gasteiger partial charge on any atom is -0.493 e. The van der Waals surface area contributed by atoms with Crippen LogP contribution in [0.15, 0.2) is 66.7 Å². The molecule has 3 fully saturated rings. The number of esters is 1. The van der Waals surface area contributed by atoms with E-state index in [1.165, 1.54) is 21.1 Å². The predicted octanol–water partition coefficient (Wildman–Crippen LogP) is 2.01. The minimum absolute atomic E-state index is 0.0261. The number of halogens is 1. The molecule has 17 heteroatoms. The van der Waals surface area contributed by atoms with E-state index in [-0.39, 0.29) is 25.5 Å². The number of aliphatic hydroxyl groups is 4. The van der Waals surface area contributed by atoms with Crippen molar-refractivity contribution in [3.8, 4) is 11.5 Å². The zero-order valence-corrected chi connectivity index (χ0v) is 30.9. The molecular formula is C38H44ClNO15. The number of methoxy groups -OCH3 is 2. The minimum atomic E-state index is -1.74. The number of hydrogen-bond donors (Lipinski definition) is 5. The molecule has 1 amide bonds. The van der Waals surface area contributed by atoms with Gasteiger partial charge in [0.05, 0.1) is 44.6 Å². The van der Waals surface area contributed by atoms with Crippen LogP contribution in [0.25, 0.3) is 0 Å². The van der Waals surface area contributed by atoms with Gasteiger partial charge in [0.25, 0.3) is 0 Å². The summed E-state index contributed by atoms with van der Waals surface area (Å²) < 4.78 is 51.9. The molecule has 0 aromatic heterocycles. The number of rotatable bonds is 13. The van der Waals surface area contributed by atoms with Crippen LogP contribution in [-0.4, -0.2) is 121 Å². The van der Waals surface area contributed by atoms with Gasteiger partial charge in [-0.15, -0.1) is 0 Å². The van der Waals surface area contributed by atoms with Crippen molar-refractivity contribution in [3.05, 3.63) is 88.4 Å². The Morgan fingerprint density at radius 2 is 1.56 bits per heavy atom. The number of nitrogens with one attached hydrogen (secondary N) is 1. The molecule has 0 radical (unpaired) electrons. The first-order valence-electron chi connectivity index (χ1n) is 17.5. The number of amides is 1. The highest BCUT2D eigenvalue weighted by Crippen LogP contribution is 2.36. The Kier molecular flexibility index (Phi) is 13.6. The number of benzene rings is 3. The maximum atomic E-state index is 13.1. The molecule has 3 saturated heterocycles. The van der Waals surface area contributed by atoms with E-state index in [1.807, 2.05) is 18.2 Å². The monoisotopic (exact) mass is 789 g/mol. The molecule has 11 unspecified atom stereocenters. The van der Waals surface area contributed by atoms with Crippen molar-refractivity contribution in [1.29, 1.82) is 0 Å². The second kappa shape index (κ2) is 18.4. The average Bonchev–Trinajstić information content (AvgIpc) is 3.18. The predicted molar refractivity (Wildman–Crippen MR) is 191 cm³/mol. The number of ether oxygens (including phenoxy) is 9. The highest BCUT2D eigenvalue weighted by atomic mass is 35.5. The van der Waals surface area contributed by atoms with E-state index in [0.717, 1.165) is 0 Å². The van der Waals surface area contributed by atoms with E-state index in [4.69, 9.17) is 54.2 Å². The summed E-state index contributed by atoms with van der Waals surface area (Å²) in [5, 5.41) is 47.8. The molecule has 0 bridgehead atoms. The molecule has 0 aliphatic carbocycles. The zero-order chi connectivity index (χ0) is 39.2. The second-order valence-electron chi connectivity index (χ2n) is 13.2. The quantitative estimate of drug-likeness (QED) is 0.157. The van der Waals surface area contributed by atoms with Crippen LogP contribution in [0, 0.1) is 0 Å². The summed E-state index contributed by atoms with van der Waals surface area (Å²) in [5.74, 6) is -0.113. The van der Waals surface area contributed by atoms with Crippen molar-refractivity contribution in [1.82, 2.24) is 0 Å². The van der Waals surface area contributed by atoms with Crippen LogP contribution in [0.1, 0.15) is 29.9 Å². The normalized spacial score (nSPS) is 30.5. The van der Waals surface area contributed by atoms with Gasteiger partial charge in [-0.1, -0.05) is 54.1 Å². The van der Waals surface area contributed by atoms with Crippen LogP contribution in [0.4, 0.5) is 5.69 Å². The molecule has 3 aliphatic rings. The molecule has 11 atom stereocenters. The number of fused-ring (bicyclic) bond motifs is 1. The Morgan fingerprint density at radius 1 is 0.836 bits per heavy atom. The lowest BCUT2D eigenvalue weighted by atomic mass is 9.96. The Morgan fingerprint density at radius 3 is 2.29 bits per heavy atom. The van der Waals surface area contributed by atoms with E-state index in [1.54, 1.807) is 48.5 Å². The van der Waals surface area contributed by atoms with Gasteiger partial charge in [0.2, 0.25) is 5.91 Å². The first-order chi connectivity index (χ1) is 26.4. The van der Waals surface area contributed by atoms with Gasteiger partial charge in [-0.25, -0.2) is 0 Å². The molecule has 6 rings (SSSR count). The summed E-state index contributed by atoms with van der Waals surface area (Å²) in [6.45, 7) is 0.665. The summed E-state index contributed by atoms with van der Waals surface area (Å²) in [6.07, 6.45) is -15.3. The van der Waals surface area contributed by atoms with E-state index >= 15 is 0 Å². The van der Waals surface area contributed by atoms with Gasteiger partial charge in [-0.2, -0.15) is 0 Å². The lowest BCUT2D eigenvalue weighted by Gasteiger charge is -2.48. The molecule has 3 aromatic carbocycles.